The summed E-state index contributed by atoms with van der Waals surface area (Å²) < 4.78 is 0. The van der Waals surface area contributed by atoms with Crippen LogP contribution in [-0.2, 0) is 0 Å². The summed E-state index contributed by atoms with van der Waals surface area (Å²) in [5, 5.41) is 19.4. The van der Waals surface area contributed by atoms with E-state index in [4.69, 9.17) is 5.26 Å². The van der Waals surface area contributed by atoms with E-state index < -0.39 is 4.92 Å². The molecule has 0 bridgehead atoms. The molecule has 0 radical (unpaired) electrons. The quantitative estimate of drug-likeness (QED) is 0.457. The summed E-state index contributed by atoms with van der Waals surface area (Å²) >= 11 is 1.56. The van der Waals surface area contributed by atoms with Crippen LogP contribution < -0.4 is 0 Å². The zero-order valence-corrected chi connectivity index (χ0v) is 9.95. The van der Waals surface area contributed by atoms with E-state index in [-0.39, 0.29) is 5.69 Å². The van der Waals surface area contributed by atoms with E-state index >= 15 is 0 Å². The number of non-ortho nitro benzene ring substituents is 1. The Kier molecular flexibility index (Phi) is 4.32. The van der Waals surface area contributed by atoms with Crippen LogP contribution in [0.3, 0.4) is 0 Å². The van der Waals surface area contributed by atoms with Crippen molar-refractivity contribution in [1.82, 2.24) is 0 Å². The number of benzene rings is 1. The topological polar surface area (TPSA) is 66.9 Å². The summed E-state index contributed by atoms with van der Waals surface area (Å²) in [6.45, 7) is 4.18. The summed E-state index contributed by atoms with van der Waals surface area (Å²) in [5.41, 5.74) is 0.338. The van der Waals surface area contributed by atoms with Crippen LogP contribution in [0.4, 0.5) is 5.69 Å². The number of hydrogen-bond acceptors (Lipinski definition) is 4. The fourth-order valence-electron chi connectivity index (χ4n) is 1.10. The Labute approximate surface area is 98.4 Å². The number of nitro benzene ring substituents is 1. The van der Waals surface area contributed by atoms with Crippen LogP contribution in [0.15, 0.2) is 23.1 Å². The minimum Gasteiger partial charge on any atom is -0.258 e. The van der Waals surface area contributed by atoms with Crippen molar-refractivity contribution in [3.8, 4) is 6.07 Å². The van der Waals surface area contributed by atoms with Crippen LogP contribution >= 0.6 is 11.8 Å². The van der Waals surface area contributed by atoms with Gasteiger partial charge in [0, 0.05) is 22.8 Å². The molecule has 0 aliphatic carbocycles. The summed E-state index contributed by atoms with van der Waals surface area (Å²) in [6, 6.07) is 6.39. The Morgan fingerprint density at radius 1 is 1.56 bits per heavy atom. The molecule has 0 amide bonds. The third-order valence-corrected chi connectivity index (χ3v) is 3.37. The Balaban J connectivity index is 2.94. The molecule has 0 fully saturated rings. The van der Waals surface area contributed by atoms with Crippen molar-refractivity contribution in [2.45, 2.75) is 18.7 Å². The van der Waals surface area contributed by atoms with Crippen molar-refractivity contribution in [3.63, 3.8) is 0 Å². The molecule has 0 N–H and O–H groups in total. The molecular formula is C11H12N2O2S. The summed E-state index contributed by atoms with van der Waals surface area (Å²) in [6.07, 6.45) is 0. The number of hydrogen-bond donors (Lipinski definition) is 0. The highest BCUT2D eigenvalue weighted by atomic mass is 32.2. The maximum absolute atomic E-state index is 10.5. The van der Waals surface area contributed by atoms with Gasteiger partial charge in [0.2, 0.25) is 0 Å². The van der Waals surface area contributed by atoms with E-state index in [9.17, 15) is 10.1 Å². The summed E-state index contributed by atoms with van der Waals surface area (Å²) in [5.74, 6) is 1.42. The van der Waals surface area contributed by atoms with E-state index in [1.807, 2.05) is 6.07 Å². The number of rotatable bonds is 4. The minimum atomic E-state index is -0.488. The molecule has 84 valence electrons. The second-order valence-electron chi connectivity index (χ2n) is 3.75. The second-order valence-corrected chi connectivity index (χ2v) is 4.82. The van der Waals surface area contributed by atoms with Gasteiger partial charge in [0.15, 0.2) is 0 Å². The number of nitrogens with zero attached hydrogens (tertiary/aromatic N) is 2. The van der Waals surface area contributed by atoms with E-state index in [1.54, 1.807) is 17.8 Å². The van der Waals surface area contributed by atoms with E-state index in [0.29, 0.717) is 11.5 Å². The standard InChI is InChI=1S/C11H12N2O2S/c1-8(2)7-16-11-4-3-10(13(14)15)5-9(11)6-12/h3-5,8H,7H2,1-2H3. The van der Waals surface area contributed by atoms with Crippen molar-refractivity contribution in [3.05, 3.63) is 33.9 Å². The lowest BCUT2D eigenvalue weighted by atomic mass is 10.2. The zero-order chi connectivity index (χ0) is 12.1. The molecule has 1 aromatic rings. The van der Waals surface area contributed by atoms with Crippen LogP contribution in [0.1, 0.15) is 19.4 Å². The number of nitro groups is 1. The monoisotopic (exact) mass is 236 g/mol. The first-order valence-electron chi connectivity index (χ1n) is 4.86. The maximum Gasteiger partial charge on any atom is 0.270 e. The van der Waals surface area contributed by atoms with Crippen molar-refractivity contribution < 1.29 is 4.92 Å². The minimum absolute atomic E-state index is 0.0366. The third-order valence-electron chi connectivity index (χ3n) is 1.87. The first-order valence-corrected chi connectivity index (χ1v) is 5.84. The van der Waals surface area contributed by atoms with Crippen LogP contribution in [0, 0.1) is 27.4 Å². The fourth-order valence-corrected chi connectivity index (χ4v) is 2.04. The van der Waals surface area contributed by atoms with Crippen LogP contribution in [0.5, 0.6) is 0 Å². The van der Waals surface area contributed by atoms with E-state index in [0.717, 1.165) is 10.6 Å². The predicted octanol–water partition coefficient (Wildman–Crippen LogP) is 3.21. The molecular weight excluding hydrogens is 224 g/mol. The van der Waals surface area contributed by atoms with Gasteiger partial charge in [-0.15, -0.1) is 11.8 Å². The molecule has 4 nitrogen and oxygen atoms in total. The van der Waals surface area contributed by atoms with Crippen molar-refractivity contribution in [2.24, 2.45) is 5.92 Å². The first-order chi connectivity index (χ1) is 7.54. The largest absolute Gasteiger partial charge is 0.270 e. The van der Waals surface area contributed by atoms with Gasteiger partial charge < -0.3 is 0 Å². The van der Waals surface area contributed by atoms with Gasteiger partial charge in [0.05, 0.1) is 10.5 Å². The fraction of sp³-hybridized carbons (Fsp3) is 0.364. The highest BCUT2D eigenvalue weighted by Gasteiger charge is 2.11. The highest BCUT2D eigenvalue weighted by molar-refractivity contribution is 7.99. The summed E-state index contributed by atoms with van der Waals surface area (Å²) in [4.78, 5) is 10.9. The molecule has 1 rings (SSSR count). The Bertz CT molecular complexity index is 438. The first kappa shape index (κ1) is 12.5. The van der Waals surface area contributed by atoms with Gasteiger partial charge in [-0.05, 0) is 12.0 Å². The molecule has 0 atom stereocenters. The summed E-state index contributed by atoms with van der Waals surface area (Å²) in [7, 11) is 0. The van der Waals surface area contributed by atoms with Crippen LogP contribution in [0.25, 0.3) is 0 Å². The smallest absolute Gasteiger partial charge is 0.258 e. The van der Waals surface area contributed by atoms with Crippen molar-refractivity contribution >= 4 is 17.4 Å². The molecule has 0 aliphatic rings. The molecule has 1 aromatic carbocycles. The third kappa shape index (κ3) is 3.24. The number of nitriles is 1. The van der Waals surface area contributed by atoms with Crippen molar-refractivity contribution in [2.75, 3.05) is 5.75 Å². The van der Waals surface area contributed by atoms with E-state index in [2.05, 4.69) is 13.8 Å². The zero-order valence-electron chi connectivity index (χ0n) is 9.14. The van der Waals surface area contributed by atoms with Gasteiger partial charge in [-0.3, -0.25) is 10.1 Å². The SMILES string of the molecule is CC(C)CSc1ccc([N+](=O)[O-])cc1C#N. The van der Waals surface area contributed by atoms with Gasteiger partial charge in [-0.25, -0.2) is 0 Å². The Morgan fingerprint density at radius 3 is 2.75 bits per heavy atom. The molecule has 0 aliphatic heterocycles. The lowest BCUT2D eigenvalue weighted by molar-refractivity contribution is -0.384. The molecule has 5 heteroatoms. The number of thioether (sulfide) groups is 1. The van der Waals surface area contributed by atoms with Gasteiger partial charge >= 0.3 is 0 Å². The van der Waals surface area contributed by atoms with Gasteiger partial charge in [-0.1, -0.05) is 13.8 Å². The Hall–Kier alpha value is -1.54. The van der Waals surface area contributed by atoms with Gasteiger partial charge in [0.25, 0.3) is 5.69 Å². The molecule has 16 heavy (non-hydrogen) atoms. The average Bonchev–Trinajstić information content (AvgIpc) is 2.25. The average molecular weight is 236 g/mol. The molecule has 0 heterocycles. The lowest BCUT2D eigenvalue weighted by Gasteiger charge is -2.05. The maximum atomic E-state index is 10.5. The van der Waals surface area contributed by atoms with E-state index in [1.165, 1.54) is 12.1 Å². The van der Waals surface area contributed by atoms with Crippen LogP contribution in [0.2, 0.25) is 0 Å². The molecule has 0 spiro atoms. The van der Waals surface area contributed by atoms with Gasteiger partial charge in [-0.2, -0.15) is 5.26 Å². The second kappa shape index (κ2) is 5.52. The normalized spacial score (nSPS) is 10.1. The molecule has 0 aromatic heterocycles. The van der Waals surface area contributed by atoms with Crippen LogP contribution in [-0.4, -0.2) is 10.7 Å². The lowest BCUT2D eigenvalue weighted by Crippen LogP contribution is -1.93. The van der Waals surface area contributed by atoms with Gasteiger partial charge in [0.1, 0.15) is 6.07 Å². The Morgan fingerprint density at radius 2 is 2.25 bits per heavy atom. The molecule has 0 saturated heterocycles. The van der Waals surface area contributed by atoms with Crippen molar-refractivity contribution in [1.29, 1.82) is 5.26 Å². The molecule has 0 saturated carbocycles. The highest BCUT2D eigenvalue weighted by Crippen LogP contribution is 2.27. The predicted molar refractivity (Wildman–Crippen MR) is 63.4 cm³/mol. The molecule has 0 unspecified atom stereocenters.